The predicted octanol–water partition coefficient (Wildman–Crippen LogP) is 3.65. The van der Waals surface area contributed by atoms with Gasteiger partial charge in [0.15, 0.2) is 0 Å². The summed E-state index contributed by atoms with van der Waals surface area (Å²) in [5, 5.41) is 3.18. The van der Waals surface area contributed by atoms with E-state index in [2.05, 4.69) is 5.32 Å². The third-order valence-electron chi connectivity index (χ3n) is 4.01. The zero-order valence-electron chi connectivity index (χ0n) is 13.7. The number of pyridine rings is 1. The van der Waals surface area contributed by atoms with Crippen LogP contribution in [0.3, 0.4) is 0 Å². The Labute approximate surface area is 148 Å². The second-order valence-electron chi connectivity index (χ2n) is 5.60. The number of aromatic nitrogens is 1. The lowest BCUT2D eigenvalue weighted by Gasteiger charge is -2.07. The summed E-state index contributed by atoms with van der Waals surface area (Å²) < 4.78 is 20.1. The van der Waals surface area contributed by atoms with Crippen LogP contribution < -0.4 is 10.9 Å². The molecule has 130 valence electrons. The highest BCUT2D eigenvalue weighted by molar-refractivity contribution is 6.31. The Balaban J connectivity index is 1.94. The summed E-state index contributed by atoms with van der Waals surface area (Å²) in [6.07, 6.45) is 1.63. The molecule has 0 saturated heterocycles. The van der Waals surface area contributed by atoms with E-state index in [1.165, 1.54) is 22.8 Å². The van der Waals surface area contributed by atoms with Crippen molar-refractivity contribution >= 4 is 28.5 Å². The molecule has 3 rings (SSSR count). The van der Waals surface area contributed by atoms with Crippen LogP contribution in [0, 0.1) is 12.7 Å². The Bertz CT molecular complexity index is 1020. The molecule has 0 aliphatic heterocycles. The summed E-state index contributed by atoms with van der Waals surface area (Å²) in [5.74, 6) is -0.525. The zero-order valence-corrected chi connectivity index (χ0v) is 14.5. The molecule has 0 spiro atoms. The molecule has 7 heteroatoms. The topological polar surface area (TPSA) is 64.2 Å². The first-order valence-corrected chi connectivity index (χ1v) is 8.14. The normalized spacial score (nSPS) is 11.0. The Morgan fingerprint density at radius 2 is 2.12 bits per heavy atom. The molecule has 0 saturated carbocycles. The molecule has 0 aliphatic carbocycles. The van der Waals surface area contributed by atoms with Gasteiger partial charge in [0.05, 0.1) is 10.9 Å². The van der Waals surface area contributed by atoms with Gasteiger partial charge in [-0.2, -0.15) is 0 Å². The van der Waals surface area contributed by atoms with Crippen LogP contribution in [0.15, 0.2) is 39.7 Å². The molecule has 0 aliphatic rings. The van der Waals surface area contributed by atoms with Crippen molar-refractivity contribution in [1.82, 2.24) is 9.88 Å². The van der Waals surface area contributed by atoms with Crippen molar-refractivity contribution < 1.29 is 13.6 Å². The van der Waals surface area contributed by atoms with E-state index in [1.54, 1.807) is 19.2 Å². The van der Waals surface area contributed by atoms with E-state index in [9.17, 15) is 14.0 Å². The number of hydrogen-bond acceptors (Lipinski definition) is 3. The minimum Gasteiger partial charge on any atom is -0.460 e. The number of furan rings is 1. The fourth-order valence-electron chi connectivity index (χ4n) is 2.72. The van der Waals surface area contributed by atoms with Crippen molar-refractivity contribution in [3.63, 3.8) is 0 Å². The number of benzene rings is 1. The highest BCUT2D eigenvalue weighted by atomic mass is 35.5. The maximum absolute atomic E-state index is 13.1. The fraction of sp³-hybridized carbons (Fsp3) is 0.222. The number of hydrogen-bond donors (Lipinski definition) is 1. The first-order chi connectivity index (χ1) is 11.9. The van der Waals surface area contributed by atoms with E-state index in [-0.39, 0.29) is 28.1 Å². The summed E-state index contributed by atoms with van der Waals surface area (Å²) >= 11 is 5.97. The number of carbonyl (C=O) groups is 1. The number of amides is 1. The molecule has 1 N–H and O–H groups in total. The Kier molecular flexibility index (Phi) is 4.63. The number of halogens is 2. The Hall–Kier alpha value is -2.60. The van der Waals surface area contributed by atoms with Crippen LogP contribution in [0.4, 0.5) is 4.39 Å². The monoisotopic (exact) mass is 362 g/mol. The van der Waals surface area contributed by atoms with Crippen molar-refractivity contribution in [1.29, 1.82) is 0 Å². The predicted molar refractivity (Wildman–Crippen MR) is 93.5 cm³/mol. The van der Waals surface area contributed by atoms with Crippen LogP contribution in [0.1, 0.15) is 28.6 Å². The second-order valence-corrected chi connectivity index (χ2v) is 6.01. The standard InChI is InChI=1S/C18H16ClFN2O3/c1-3-22-7-6-14-16(18(22)24)15(10(2)25-14)17(23)21-9-11-4-5-12(20)8-13(11)19/h4-8H,3,9H2,1-2H3,(H,21,23). The second kappa shape index (κ2) is 6.72. The number of nitrogens with one attached hydrogen (secondary N) is 1. The van der Waals surface area contributed by atoms with Gasteiger partial charge in [-0.05, 0) is 37.6 Å². The number of fused-ring (bicyclic) bond motifs is 1. The summed E-state index contributed by atoms with van der Waals surface area (Å²) in [5.41, 5.74) is 0.882. The molecule has 0 fully saturated rings. The zero-order chi connectivity index (χ0) is 18.1. The smallest absolute Gasteiger partial charge is 0.262 e. The molecule has 0 radical (unpaired) electrons. The fourth-order valence-corrected chi connectivity index (χ4v) is 2.95. The Morgan fingerprint density at radius 1 is 1.36 bits per heavy atom. The van der Waals surface area contributed by atoms with Crippen molar-refractivity contribution in [2.75, 3.05) is 0 Å². The molecule has 2 heterocycles. The molecular formula is C18H16ClFN2O3. The van der Waals surface area contributed by atoms with Crippen LogP contribution in [0.5, 0.6) is 0 Å². The van der Waals surface area contributed by atoms with Crippen LogP contribution >= 0.6 is 11.6 Å². The van der Waals surface area contributed by atoms with Crippen LogP contribution in [-0.2, 0) is 13.1 Å². The van der Waals surface area contributed by atoms with Crippen LogP contribution in [0.2, 0.25) is 5.02 Å². The van der Waals surface area contributed by atoms with Crippen molar-refractivity contribution in [3.8, 4) is 0 Å². The lowest BCUT2D eigenvalue weighted by atomic mass is 10.1. The minimum atomic E-state index is -0.447. The van der Waals surface area contributed by atoms with Crippen LogP contribution in [0.25, 0.3) is 11.0 Å². The molecule has 1 aromatic carbocycles. The summed E-state index contributed by atoms with van der Waals surface area (Å²) in [6, 6.07) is 5.62. The number of rotatable bonds is 4. The molecule has 3 aromatic rings. The van der Waals surface area contributed by atoms with Gasteiger partial charge < -0.3 is 14.3 Å². The highest BCUT2D eigenvalue weighted by Crippen LogP contribution is 2.23. The third-order valence-corrected chi connectivity index (χ3v) is 4.37. The van der Waals surface area contributed by atoms with Gasteiger partial charge in [0.25, 0.3) is 11.5 Å². The molecular weight excluding hydrogens is 347 g/mol. The van der Waals surface area contributed by atoms with Gasteiger partial charge >= 0.3 is 0 Å². The van der Waals surface area contributed by atoms with Gasteiger partial charge in [-0.15, -0.1) is 0 Å². The summed E-state index contributed by atoms with van der Waals surface area (Å²) in [7, 11) is 0. The molecule has 0 atom stereocenters. The number of carbonyl (C=O) groups excluding carboxylic acids is 1. The van der Waals surface area contributed by atoms with Crippen molar-refractivity contribution in [2.24, 2.45) is 0 Å². The molecule has 0 bridgehead atoms. The van der Waals surface area contributed by atoms with Crippen molar-refractivity contribution in [3.05, 3.63) is 68.5 Å². The number of aryl methyl sites for hydroxylation is 2. The van der Waals surface area contributed by atoms with E-state index in [1.807, 2.05) is 6.92 Å². The maximum Gasteiger partial charge on any atom is 0.262 e. The van der Waals surface area contributed by atoms with E-state index in [0.717, 1.165) is 0 Å². The maximum atomic E-state index is 13.1. The van der Waals surface area contributed by atoms with E-state index >= 15 is 0 Å². The lowest BCUT2D eigenvalue weighted by Crippen LogP contribution is -2.26. The van der Waals surface area contributed by atoms with Gasteiger partial charge in [0.2, 0.25) is 0 Å². The van der Waals surface area contributed by atoms with Gasteiger partial charge in [-0.25, -0.2) is 4.39 Å². The molecule has 2 aromatic heterocycles. The average molecular weight is 363 g/mol. The van der Waals surface area contributed by atoms with Gasteiger partial charge in [-0.1, -0.05) is 17.7 Å². The van der Waals surface area contributed by atoms with Gasteiger partial charge in [0, 0.05) is 24.3 Å². The SMILES string of the molecule is CCn1ccc2oc(C)c(C(=O)NCc3ccc(F)cc3Cl)c2c1=O. The third kappa shape index (κ3) is 3.17. The van der Waals surface area contributed by atoms with Gasteiger partial charge in [0.1, 0.15) is 17.2 Å². The lowest BCUT2D eigenvalue weighted by molar-refractivity contribution is 0.0951. The van der Waals surface area contributed by atoms with Crippen molar-refractivity contribution in [2.45, 2.75) is 26.9 Å². The summed E-state index contributed by atoms with van der Waals surface area (Å²) in [6.45, 7) is 4.08. The van der Waals surface area contributed by atoms with E-state index in [0.29, 0.717) is 23.5 Å². The summed E-state index contributed by atoms with van der Waals surface area (Å²) in [4.78, 5) is 25.1. The molecule has 1 amide bonds. The minimum absolute atomic E-state index is 0.110. The first kappa shape index (κ1) is 17.2. The largest absolute Gasteiger partial charge is 0.460 e. The van der Waals surface area contributed by atoms with E-state index < -0.39 is 11.7 Å². The number of nitrogens with zero attached hydrogens (tertiary/aromatic N) is 1. The molecule has 5 nitrogen and oxygen atoms in total. The van der Waals surface area contributed by atoms with Gasteiger partial charge in [-0.3, -0.25) is 9.59 Å². The first-order valence-electron chi connectivity index (χ1n) is 7.77. The quantitative estimate of drug-likeness (QED) is 0.770. The highest BCUT2D eigenvalue weighted by Gasteiger charge is 2.21. The van der Waals surface area contributed by atoms with Crippen LogP contribution in [-0.4, -0.2) is 10.5 Å². The Morgan fingerprint density at radius 3 is 2.80 bits per heavy atom. The average Bonchev–Trinajstić information content (AvgIpc) is 2.91. The molecule has 0 unspecified atom stereocenters. The molecule has 25 heavy (non-hydrogen) atoms. The van der Waals surface area contributed by atoms with E-state index in [4.69, 9.17) is 16.0 Å².